The minimum atomic E-state index is -0.340. The summed E-state index contributed by atoms with van der Waals surface area (Å²) in [6, 6.07) is 4.50. The molecular formula is C11H10BrClFN5. The van der Waals surface area contributed by atoms with Crippen molar-refractivity contribution in [3.8, 4) is 0 Å². The Labute approximate surface area is 123 Å². The fourth-order valence-corrected chi connectivity index (χ4v) is 1.83. The van der Waals surface area contributed by atoms with Crippen molar-refractivity contribution in [3.05, 3.63) is 33.8 Å². The Morgan fingerprint density at radius 1 is 1.26 bits per heavy atom. The third-order valence-corrected chi connectivity index (χ3v) is 2.95. The van der Waals surface area contributed by atoms with Gasteiger partial charge in [0.05, 0.1) is 4.47 Å². The zero-order valence-corrected chi connectivity index (χ0v) is 12.5. The Kier molecular flexibility index (Phi) is 4.16. The van der Waals surface area contributed by atoms with E-state index in [1.165, 1.54) is 6.07 Å². The quantitative estimate of drug-likeness (QED) is 0.924. The summed E-state index contributed by atoms with van der Waals surface area (Å²) in [4.78, 5) is 13.8. The second-order valence-electron chi connectivity index (χ2n) is 3.88. The van der Waals surface area contributed by atoms with Gasteiger partial charge in [0.2, 0.25) is 17.2 Å². The number of anilines is 3. The molecule has 1 N–H and O–H groups in total. The number of halogens is 3. The van der Waals surface area contributed by atoms with Gasteiger partial charge in [0, 0.05) is 19.8 Å². The smallest absolute Gasteiger partial charge is 0.233 e. The predicted molar refractivity (Wildman–Crippen MR) is 76.5 cm³/mol. The summed E-state index contributed by atoms with van der Waals surface area (Å²) in [7, 11) is 3.59. The van der Waals surface area contributed by atoms with Crippen LogP contribution in [0.1, 0.15) is 0 Å². The maximum absolute atomic E-state index is 13.1. The highest BCUT2D eigenvalue weighted by Crippen LogP contribution is 2.22. The first-order chi connectivity index (χ1) is 8.95. The largest absolute Gasteiger partial charge is 0.347 e. The average Bonchev–Trinajstić information content (AvgIpc) is 2.33. The molecule has 19 heavy (non-hydrogen) atoms. The molecule has 1 aromatic heterocycles. The van der Waals surface area contributed by atoms with Crippen LogP contribution in [0.4, 0.5) is 22.0 Å². The normalized spacial score (nSPS) is 10.4. The fourth-order valence-electron chi connectivity index (χ4n) is 1.30. The molecule has 1 heterocycles. The Bertz CT molecular complexity index is 608. The van der Waals surface area contributed by atoms with Gasteiger partial charge in [0.15, 0.2) is 0 Å². The van der Waals surface area contributed by atoms with Crippen molar-refractivity contribution < 1.29 is 4.39 Å². The zero-order chi connectivity index (χ0) is 14.0. The molecule has 0 amide bonds. The molecule has 8 heteroatoms. The summed E-state index contributed by atoms with van der Waals surface area (Å²) in [5.41, 5.74) is 0.639. The van der Waals surface area contributed by atoms with Gasteiger partial charge in [-0.3, -0.25) is 0 Å². The lowest BCUT2D eigenvalue weighted by atomic mass is 10.3. The van der Waals surface area contributed by atoms with Gasteiger partial charge in [-0.15, -0.1) is 0 Å². The van der Waals surface area contributed by atoms with Gasteiger partial charge in [-0.25, -0.2) is 4.39 Å². The van der Waals surface area contributed by atoms with Crippen LogP contribution in [-0.4, -0.2) is 29.0 Å². The molecule has 0 unspecified atom stereocenters. The van der Waals surface area contributed by atoms with Crippen molar-refractivity contribution in [2.45, 2.75) is 0 Å². The fraction of sp³-hybridized carbons (Fsp3) is 0.182. The summed E-state index contributed by atoms with van der Waals surface area (Å²) in [5, 5.41) is 3.02. The van der Waals surface area contributed by atoms with Gasteiger partial charge in [-0.1, -0.05) is 0 Å². The van der Waals surface area contributed by atoms with Crippen molar-refractivity contribution in [2.24, 2.45) is 0 Å². The first kappa shape index (κ1) is 14.0. The molecule has 0 aliphatic rings. The highest BCUT2D eigenvalue weighted by atomic mass is 79.9. The van der Waals surface area contributed by atoms with E-state index >= 15 is 0 Å². The van der Waals surface area contributed by atoms with Crippen LogP contribution in [0, 0.1) is 5.82 Å². The van der Waals surface area contributed by atoms with E-state index in [1.54, 1.807) is 31.1 Å². The van der Waals surface area contributed by atoms with E-state index in [9.17, 15) is 4.39 Å². The molecule has 0 bridgehead atoms. The van der Waals surface area contributed by atoms with Crippen LogP contribution in [-0.2, 0) is 0 Å². The number of aromatic nitrogens is 3. The lowest BCUT2D eigenvalue weighted by Crippen LogP contribution is -2.14. The molecule has 0 aliphatic carbocycles. The Morgan fingerprint density at radius 2 is 2.00 bits per heavy atom. The van der Waals surface area contributed by atoms with Crippen LogP contribution >= 0.6 is 27.5 Å². The van der Waals surface area contributed by atoms with Crippen molar-refractivity contribution in [1.82, 2.24) is 15.0 Å². The average molecular weight is 347 g/mol. The van der Waals surface area contributed by atoms with Crippen LogP contribution in [0.5, 0.6) is 0 Å². The third-order valence-electron chi connectivity index (χ3n) is 2.17. The minimum Gasteiger partial charge on any atom is -0.347 e. The first-order valence-electron chi connectivity index (χ1n) is 5.26. The summed E-state index contributed by atoms with van der Waals surface area (Å²) in [6.07, 6.45) is 0. The van der Waals surface area contributed by atoms with Crippen molar-refractivity contribution in [2.75, 3.05) is 24.3 Å². The van der Waals surface area contributed by atoms with Gasteiger partial charge < -0.3 is 10.2 Å². The summed E-state index contributed by atoms with van der Waals surface area (Å²) >= 11 is 8.93. The molecular weight excluding hydrogens is 337 g/mol. The van der Waals surface area contributed by atoms with E-state index in [4.69, 9.17) is 11.6 Å². The molecule has 0 fully saturated rings. The second kappa shape index (κ2) is 5.66. The molecule has 0 radical (unpaired) electrons. The maximum atomic E-state index is 13.1. The SMILES string of the molecule is CN(C)c1nc(Cl)nc(Nc2ccc(F)c(Br)c2)n1. The molecule has 1 aromatic carbocycles. The van der Waals surface area contributed by atoms with Gasteiger partial charge in [0.1, 0.15) is 5.82 Å². The van der Waals surface area contributed by atoms with Gasteiger partial charge in [0.25, 0.3) is 0 Å². The molecule has 0 saturated heterocycles. The molecule has 100 valence electrons. The maximum Gasteiger partial charge on any atom is 0.233 e. The topological polar surface area (TPSA) is 53.9 Å². The van der Waals surface area contributed by atoms with Crippen LogP contribution in [0.25, 0.3) is 0 Å². The highest BCUT2D eigenvalue weighted by molar-refractivity contribution is 9.10. The van der Waals surface area contributed by atoms with E-state index in [1.807, 2.05) is 0 Å². The highest BCUT2D eigenvalue weighted by Gasteiger charge is 2.08. The van der Waals surface area contributed by atoms with Crippen molar-refractivity contribution in [3.63, 3.8) is 0 Å². The summed E-state index contributed by atoms with van der Waals surface area (Å²) < 4.78 is 13.5. The Balaban J connectivity index is 2.29. The summed E-state index contributed by atoms with van der Waals surface area (Å²) in [5.74, 6) is 0.388. The minimum absolute atomic E-state index is 0.0855. The lowest BCUT2D eigenvalue weighted by Gasteiger charge is -2.12. The van der Waals surface area contributed by atoms with Gasteiger partial charge >= 0.3 is 0 Å². The van der Waals surface area contributed by atoms with E-state index in [-0.39, 0.29) is 11.1 Å². The molecule has 0 saturated carbocycles. The molecule has 0 spiro atoms. The third kappa shape index (κ3) is 3.51. The molecule has 2 aromatic rings. The van der Waals surface area contributed by atoms with Crippen molar-refractivity contribution >= 4 is 45.1 Å². The Hall–Kier alpha value is -1.47. The number of benzene rings is 1. The monoisotopic (exact) mass is 345 g/mol. The van der Waals surface area contributed by atoms with Crippen LogP contribution in [0.15, 0.2) is 22.7 Å². The van der Waals surface area contributed by atoms with Gasteiger partial charge in [-0.2, -0.15) is 15.0 Å². The number of nitrogens with one attached hydrogen (secondary N) is 1. The Morgan fingerprint density at radius 3 is 2.63 bits per heavy atom. The van der Waals surface area contributed by atoms with E-state index in [0.29, 0.717) is 22.1 Å². The standard InChI is InChI=1S/C11H10BrClFN5/c1-19(2)11-17-9(13)16-10(18-11)15-6-3-4-8(14)7(12)5-6/h3-5H,1-2H3,(H,15,16,17,18). The molecule has 5 nitrogen and oxygen atoms in total. The summed E-state index contributed by atoms with van der Waals surface area (Å²) in [6.45, 7) is 0. The van der Waals surface area contributed by atoms with Crippen LogP contribution in [0.3, 0.4) is 0 Å². The number of rotatable bonds is 3. The molecule has 2 rings (SSSR count). The van der Waals surface area contributed by atoms with Crippen LogP contribution in [0.2, 0.25) is 5.28 Å². The van der Waals surface area contributed by atoms with E-state index < -0.39 is 0 Å². The van der Waals surface area contributed by atoms with E-state index in [2.05, 4.69) is 36.2 Å². The van der Waals surface area contributed by atoms with Crippen LogP contribution < -0.4 is 10.2 Å². The predicted octanol–water partition coefficient (Wildman–Crippen LogP) is 3.24. The number of nitrogens with zero attached hydrogens (tertiary/aromatic N) is 4. The lowest BCUT2D eigenvalue weighted by molar-refractivity contribution is 0.621. The molecule has 0 atom stereocenters. The number of hydrogen-bond acceptors (Lipinski definition) is 5. The number of hydrogen-bond donors (Lipinski definition) is 1. The zero-order valence-electron chi connectivity index (χ0n) is 10.2. The van der Waals surface area contributed by atoms with Gasteiger partial charge in [-0.05, 0) is 45.7 Å². The van der Waals surface area contributed by atoms with E-state index in [0.717, 1.165) is 0 Å². The van der Waals surface area contributed by atoms with Crippen molar-refractivity contribution in [1.29, 1.82) is 0 Å². The molecule has 0 aliphatic heterocycles. The first-order valence-corrected chi connectivity index (χ1v) is 6.44. The second-order valence-corrected chi connectivity index (χ2v) is 5.07.